The monoisotopic (exact) mass is 410 g/mol. The van der Waals surface area contributed by atoms with Gasteiger partial charge in [-0.2, -0.15) is 0 Å². The van der Waals surface area contributed by atoms with Gasteiger partial charge in [-0.3, -0.25) is 4.79 Å². The summed E-state index contributed by atoms with van der Waals surface area (Å²) in [6, 6.07) is 2.86. The molecular weight excluding hydrogens is 409 g/mol. The zero-order valence-electron chi connectivity index (χ0n) is 8.43. The van der Waals surface area contributed by atoms with E-state index in [1.54, 1.807) is 0 Å². The molecule has 0 heterocycles. The maximum absolute atomic E-state index is 11.3. The Kier molecular flexibility index (Phi) is 6.16. The highest BCUT2D eigenvalue weighted by molar-refractivity contribution is 9.09. The fraction of sp³-hybridized carbons (Fsp3) is 0.222. The van der Waals surface area contributed by atoms with Crippen molar-refractivity contribution in [2.75, 3.05) is 5.33 Å². The van der Waals surface area contributed by atoms with Crippen molar-refractivity contribution in [2.45, 2.75) is 4.46 Å². The van der Waals surface area contributed by atoms with Crippen LogP contribution in [0.1, 0.15) is 0 Å². The van der Waals surface area contributed by atoms with Crippen molar-refractivity contribution in [3.63, 3.8) is 0 Å². The molecule has 0 radical (unpaired) electrons. The summed E-state index contributed by atoms with van der Waals surface area (Å²) in [4.78, 5) is 11.3. The first kappa shape index (κ1) is 16.5. The van der Waals surface area contributed by atoms with Crippen LogP contribution in [0.2, 0.25) is 15.1 Å². The summed E-state index contributed by atoms with van der Waals surface area (Å²) in [6.07, 6.45) is 0. The maximum Gasteiger partial charge on any atom is 0.287 e. The van der Waals surface area contributed by atoms with Crippen LogP contribution < -0.4 is 0 Å². The highest BCUT2D eigenvalue weighted by Crippen LogP contribution is 2.37. The molecule has 0 saturated carbocycles. The number of rotatable bonds is 4. The van der Waals surface area contributed by atoms with Gasteiger partial charge in [0, 0.05) is 5.02 Å². The molecule has 18 heavy (non-hydrogen) atoms. The van der Waals surface area contributed by atoms with Gasteiger partial charge in [0.1, 0.15) is 5.69 Å². The molecule has 1 rings (SSSR count). The number of hydrogen-bond acceptors (Lipinski definition) is 3. The van der Waals surface area contributed by atoms with Gasteiger partial charge in [0.05, 0.1) is 15.4 Å². The number of halogens is 6. The van der Waals surface area contributed by atoms with E-state index in [2.05, 4.69) is 26.2 Å². The van der Waals surface area contributed by atoms with Crippen molar-refractivity contribution in [1.82, 2.24) is 0 Å². The molecule has 0 atom stereocenters. The standard InChI is InChI=1S/C9H4BrCl5N2O/c10-3-7(18)9(14,15)17-16-8-5(12)1-4(11)2-6(8)13/h1-2H,3H2/b17-16+. The van der Waals surface area contributed by atoms with Gasteiger partial charge in [0.15, 0.2) is 0 Å². The number of ketones is 1. The second kappa shape index (κ2) is 6.73. The molecule has 0 aromatic heterocycles. The van der Waals surface area contributed by atoms with Gasteiger partial charge >= 0.3 is 0 Å². The lowest BCUT2D eigenvalue weighted by Crippen LogP contribution is -2.23. The second-order valence-corrected chi connectivity index (χ2v) is 6.12. The molecule has 0 saturated heterocycles. The van der Waals surface area contributed by atoms with Crippen LogP contribution in [0.3, 0.4) is 0 Å². The van der Waals surface area contributed by atoms with E-state index < -0.39 is 10.2 Å². The first-order valence-corrected chi connectivity index (χ1v) is 7.33. The lowest BCUT2D eigenvalue weighted by Gasteiger charge is -2.09. The van der Waals surface area contributed by atoms with E-state index in [0.29, 0.717) is 5.02 Å². The van der Waals surface area contributed by atoms with E-state index in [4.69, 9.17) is 58.0 Å². The van der Waals surface area contributed by atoms with Crippen LogP contribution >= 0.6 is 73.9 Å². The molecule has 0 aliphatic heterocycles. The molecule has 0 spiro atoms. The second-order valence-electron chi connectivity index (χ2n) is 3.02. The maximum atomic E-state index is 11.3. The molecule has 1 aromatic rings. The normalized spacial score (nSPS) is 12.1. The summed E-state index contributed by atoms with van der Waals surface area (Å²) in [5.74, 6) is -0.559. The van der Waals surface area contributed by atoms with E-state index in [-0.39, 0.29) is 21.1 Å². The molecule has 3 nitrogen and oxygen atoms in total. The fourth-order valence-electron chi connectivity index (χ4n) is 0.879. The van der Waals surface area contributed by atoms with E-state index in [1.165, 1.54) is 12.1 Å². The number of carbonyl (C=O) groups excluding carboxylic acids is 1. The van der Waals surface area contributed by atoms with Crippen molar-refractivity contribution in [2.24, 2.45) is 10.2 Å². The summed E-state index contributed by atoms with van der Waals surface area (Å²) >= 11 is 31.8. The van der Waals surface area contributed by atoms with Gasteiger partial charge in [-0.1, -0.05) is 73.9 Å². The smallest absolute Gasteiger partial charge is 0.287 e. The Bertz CT molecular complexity index is 483. The summed E-state index contributed by atoms with van der Waals surface area (Å²) < 4.78 is -1.99. The predicted octanol–water partition coefficient (Wildman–Crippen LogP) is 5.83. The van der Waals surface area contributed by atoms with Gasteiger partial charge < -0.3 is 0 Å². The first-order chi connectivity index (χ1) is 8.27. The molecule has 98 valence electrons. The Morgan fingerprint density at radius 1 is 1.22 bits per heavy atom. The van der Waals surface area contributed by atoms with Crippen LogP contribution in [0, 0.1) is 0 Å². The van der Waals surface area contributed by atoms with Crippen molar-refractivity contribution < 1.29 is 4.79 Å². The Hall–Kier alpha value is 0.420. The number of benzene rings is 1. The van der Waals surface area contributed by atoms with Gasteiger partial charge in [-0.05, 0) is 12.1 Å². The topological polar surface area (TPSA) is 41.8 Å². The third kappa shape index (κ3) is 4.22. The minimum absolute atomic E-state index is 0.0545. The number of azo groups is 1. The molecule has 0 bridgehead atoms. The summed E-state index contributed by atoms with van der Waals surface area (Å²) in [6.45, 7) is 0. The molecular formula is C9H4BrCl5N2O. The van der Waals surface area contributed by atoms with E-state index in [0.717, 1.165) is 0 Å². The Morgan fingerprint density at radius 3 is 2.17 bits per heavy atom. The zero-order chi connectivity index (χ0) is 13.9. The van der Waals surface area contributed by atoms with Crippen LogP contribution in [0.4, 0.5) is 5.69 Å². The van der Waals surface area contributed by atoms with Crippen LogP contribution in [0.5, 0.6) is 0 Å². The predicted molar refractivity (Wildman–Crippen MR) is 79.2 cm³/mol. The number of Topliss-reactive ketones (excluding diaryl/α,β-unsaturated/α-hetero) is 1. The number of nitrogens with zero attached hydrogens (tertiary/aromatic N) is 2. The van der Waals surface area contributed by atoms with Gasteiger partial charge in [0.2, 0.25) is 5.78 Å². The SMILES string of the molecule is O=C(CBr)C(Cl)(Cl)/N=N/c1c(Cl)cc(Cl)cc1Cl. The largest absolute Gasteiger partial charge is 0.293 e. The number of alkyl halides is 3. The molecule has 0 N–H and O–H groups in total. The lowest BCUT2D eigenvalue weighted by molar-refractivity contribution is -0.117. The summed E-state index contributed by atoms with van der Waals surface area (Å²) in [5, 5.41) is 7.84. The quantitative estimate of drug-likeness (QED) is 0.348. The molecule has 1 aromatic carbocycles. The molecule has 0 aliphatic rings. The summed E-state index contributed by atoms with van der Waals surface area (Å²) in [7, 11) is 0. The Balaban J connectivity index is 3.09. The minimum atomic E-state index is -1.99. The highest BCUT2D eigenvalue weighted by atomic mass is 79.9. The van der Waals surface area contributed by atoms with E-state index in [9.17, 15) is 4.79 Å². The Morgan fingerprint density at radius 2 is 1.72 bits per heavy atom. The van der Waals surface area contributed by atoms with Gasteiger partial charge in [-0.25, -0.2) is 0 Å². The van der Waals surface area contributed by atoms with Gasteiger partial charge in [-0.15, -0.1) is 10.2 Å². The molecule has 9 heteroatoms. The van der Waals surface area contributed by atoms with Crippen molar-refractivity contribution in [3.8, 4) is 0 Å². The molecule has 0 amide bonds. The van der Waals surface area contributed by atoms with Crippen molar-refractivity contribution >= 4 is 85.4 Å². The minimum Gasteiger partial charge on any atom is -0.293 e. The highest BCUT2D eigenvalue weighted by Gasteiger charge is 2.32. The molecule has 0 fully saturated rings. The van der Waals surface area contributed by atoms with Crippen LogP contribution in [0.25, 0.3) is 0 Å². The van der Waals surface area contributed by atoms with E-state index >= 15 is 0 Å². The Labute approximate surface area is 137 Å². The fourth-order valence-corrected chi connectivity index (χ4v) is 2.71. The first-order valence-electron chi connectivity index (χ1n) is 4.32. The zero-order valence-corrected chi connectivity index (χ0v) is 13.8. The molecule has 0 unspecified atom stereocenters. The third-order valence-electron chi connectivity index (χ3n) is 1.71. The number of hydrogen-bond donors (Lipinski definition) is 0. The van der Waals surface area contributed by atoms with Crippen molar-refractivity contribution in [3.05, 3.63) is 27.2 Å². The van der Waals surface area contributed by atoms with Crippen LogP contribution in [0.15, 0.2) is 22.4 Å². The molecule has 0 aliphatic carbocycles. The lowest BCUT2D eigenvalue weighted by atomic mass is 10.3. The number of carbonyl (C=O) groups is 1. The van der Waals surface area contributed by atoms with Crippen molar-refractivity contribution in [1.29, 1.82) is 0 Å². The van der Waals surface area contributed by atoms with Crippen LogP contribution in [-0.4, -0.2) is 15.6 Å². The van der Waals surface area contributed by atoms with Gasteiger partial charge in [0.25, 0.3) is 4.46 Å². The third-order valence-corrected chi connectivity index (χ3v) is 3.59. The average molecular weight is 413 g/mol. The van der Waals surface area contributed by atoms with E-state index in [1.807, 2.05) is 0 Å². The van der Waals surface area contributed by atoms with Crippen LogP contribution in [-0.2, 0) is 4.79 Å². The summed E-state index contributed by atoms with van der Waals surface area (Å²) in [5.41, 5.74) is 0.135. The average Bonchev–Trinajstić information content (AvgIpc) is 2.26.